The molecule has 4 rings (SSSR count). The monoisotopic (exact) mass is 441 g/mol. The van der Waals surface area contributed by atoms with Crippen LogP contribution >= 0.6 is 27.3 Å². The van der Waals surface area contributed by atoms with Gasteiger partial charge in [0.05, 0.1) is 11.1 Å². The lowest BCUT2D eigenvalue weighted by Crippen LogP contribution is -2.23. The van der Waals surface area contributed by atoms with Gasteiger partial charge < -0.3 is 4.74 Å². The summed E-state index contributed by atoms with van der Waals surface area (Å²) in [6.07, 6.45) is 2.82. The van der Waals surface area contributed by atoms with Crippen LogP contribution in [0.1, 0.15) is 18.9 Å². The van der Waals surface area contributed by atoms with Gasteiger partial charge in [0.1, 0.15) is 5.75 Å². The van der Waals surface area contributed by atoms with Crippen LogP contribution < -0.4 is 14.8 Å². The first-order valence-corrected chi connectivity index (χ1v) is 10.1. The van der Waals surface area contributed by atoms with E-state index >= 15 is 0 Å². The number of fused-ring (bicyclic) bond motifs is 1. The van der Waals surface area contributed by atoms with E-state index in [0.29, 0.717) is 21.9 Å². The minimum absolute atomic E-state index is 0.155. The number of halogens is 1. The molecule has 0 N–H and O–H groups in total. The average Bonchev–Trinajstić information content (AvgIpc) is 3.22. The van der Waals surface area contributed by atoms with Crippen LogP contribution in [0.2, 0.25) is 0 Å². The van der Waals surface area contributed by atoms with Crippen molar-refractivity contribution in [1.29, 1.82) is 0 Å². The van der Waals surface area contributed by atoms with Crippen LogP contribution in [0.4, 0.5) is 0 Å². The van der Waals surface area contributed by atoms with Crippen molar-refractivity contribution in [2.75, 3.05) is 6.61 Å². The fourth-order valence-corrected chi connectivity index (χ4v) is 3.76. The molecule has 0 aliphatic heterocycles. The summed E-state index contributed by atoms with van der Waals surface area (Å²) in [6, 6.07) is 15.4. The third-order valence-corrected chi connectivity index (χ3v) is 5.42. The normalized spacial score (nSPS) is 12.0. The van der Waals surface area contributed by atoms with Gasteiger partial charge in [-0.05, 0) is 42.3 Å². The van der Waals surface area contributed by atoms with E-state index in [2.05, 4.69) is 32.9 Å². The molecule has 4 aromatic rings. The van der Waals surface area contributed by atoms with Gasteiger partial charge in [0.15, 0.2) is 5.82 Å². The first-order chi connectivity index (χ1) is 13.1. The molecule has 0 fully saturated rings. The summed E-state index contributed by atoms with van der Waals surface area (Å²) >= 11 is 4.74. The molecule has 0 bridgehead atoms. The molecule has 0 unspecified atom stereocenters. The van der Waals surface area contributed by atoms with Crippen LogP contribution in [0.15, 0.2) is 57.8 Å². The second-order valence-corrected chi connectivity index (χ2v) is 7.89. The third-order valence-electron chi connectivity index (χ3n) is 3.93. The maximum atomic E-state index is 12.6. The molecular formula is C20H16BrN3O2S. The van der Waals surface area contributed by atoms with Crippen LogP contribution in [-0.2, 0) is 0 Å². The molecule has 136 valence electrons. The summed E-state index contributed by atoms with van der Waals surface area (Å²) < 4.78 is 8.54. The van der Waals surface area contributed by atoms with Crippen molar-refractivity contribution in [3.05, 3.63) is 73.5 Å². The van der Waals surface area contributed by atoms with Crippen LogP contribution in [0.5, 0.6) is 5.75 Å². The van der Waals surface area contributed by atoms with Crippen LogP contribution in [0.25, 0.3) is 22.4 Å². The van der Waals surface area contributed by atoms with Crippen LogP contribution in [0, 0.1) is 0 Å². The Morgan fingerprint density at radius 2 is 1.89 bits per heavy atom. The Bertz CT molecular complexity index is 1180. The summed E-state index contributed by atoms with van der Waals surface area (Å²) in [5, 5.41) is 4.37. The van der Waals surface area contributed by atoms with Crippen molar-refractivity contribution in [1.82, 2.24) is 14.6 Å². The van der Waals surface area contributed by atoms with Gasteiger partial charge in [-0.1, -0.05) is 58.5 Å². The molecule has 0 amide bonds. The van der Waals surface area contributed by atoms with Gasteiger partial charge in [-0.15, -0.1) is 5.10 Å². The van der Waals surface area contributed by atoms with Gasteiger partial charge >= 0.3 is 0 Å². The van der Waals surface area contributed by atoms with Gasteiger partial charge in [0, 0.05) is 10.0 Å². The van der Waals surface area contributed by atoms with Crippen molar-refractivity contribution in [3.63, 3.8) is 0 Å². The number of ether oxygens (including phenoxy) is 1. The van der Waals surface area contributed by atoms with E-state index in [1.54, 1.807) is 0 Å². The molecule has 0 saturated carbocycles. The Balaban J connectivity index is 1.66. The Kier molecular flexibility index (Phi) is 5.05. The lowest BCUT2D eigenvalue weighted by Gasteiger charge is -2.03. The summed E-state index contributed by atoms with van der Waals surface area (Å²) in [5.74, 6) is 1.38. The predicted octanol–water partition coefficient (Wildman–Crippen LogP) is 3.92. The maximum Gasteiger partial charge on any atom is 0.291 e. The first kappa shape index (κ1) is 17.9. The second-order valence-electron chi connectivity index (χ2n) is 5.97. The number of aromatic nitrogens is 3. The molecule has 0 aliphatic rings. The van der Waals surface area contributed by atoms with Crippen LogP contribution in [-0.4, -0.2) is 21.2 Å². The van der Waals surface area contributed by atoms with E-state index in [1.165, 1.54) is 15.9 Å². The largest absolute Gasteiger partial charge is 0.494 e. The van der Waals surface area contributed by atoms with Gasteiger partial charge in [-0.2, -0.15) is 9.50 Å². The molecule has 2 heterocycles. The number of benzene rings is 2. The zero-order valence-electron chi connectivity index (χ0n) is 14.6. The molecule has 5 nitrogen and oxygen atoms in total. The Morgan fingerprint density at radius 1 is 1.15 bits per heavy atom. The predicted molar refractivity (Wildman–Crippen MR) is 111 cm³/mol. The highest BCUT2D eigenvalue weighted by Gasteiger charge is 2.11. The van der Waals surface area contributed by atoms with E-state index in [1.807, 2.05) is 54.6 Å². The van der Waals surface area contributed by atoms with Crippen molar-refractivity contribution in [2.24, 2.45) is 0 Å². The minimum Gasteiger partial charge on any atom is -0.494 e. The summed E-state index contributed by atoms with van der Waals surface area (Å²) in [6.45, 7) is 2.77. The molecule has 0 aliphatic carbocycles. The van der Waals surface area contributed by atoms with Crippen molar-refractivity contribution in [3.8, 4) is 17.1 Å². The van der Waals surface area contributed by atoms with Gasteiger partial charge in [-0.25, -0.2) is 0 Å². The topological polar surface area (TPSA) is 56.5 Å². The second kappa shape index (κ2) is 7.62. The first-order valence-electron chi connectivity index (χ1n) is 8.54. The highest BCUT2D eigenvalue weighted by Crippen LogP contribution is 2.19. The number of rotatable bonds is 5. The molecule has 0 saturated heterocycles. The molecule has 2 aromatic carbocycles. The highest BCUT2D eigenvalue weighted by molar-refractivity contribution is 9.10. The zero-order chi connectivity index (χ0) is 18.8. The summed E-state index contributed by atoms with van der Waals surface area (Å²) in [5.41, 5.74) is 1.66. The molecule has 2 aromatic heterocycles. The van der Waals surface area contributed by atoms with E-state index in [9.17, 15) is 4.79 Å². The van der Waals surface area contributed by atoms with Gasteiger partial charge in [0.2, 0.25) is 4.96 Å². The molecule has 0 radical (unpaired) electrons. The Morgan fingerprint density at radius 3 is 2.56 bits per heavy atom. The van der Waals surface area contributed by atoms with Gasteiger partial charge in [0.25, 0.3) is 5.56 Å². The number of thiazole rings is 1. The molecule has 0 atom stereocenters. The lowest BCUT2D eigenvalue weighted by molar-refractivity contribution is 0.317. The van der Waals surface area contributed by atoms with Crippen molar-refractivity contribution >= 4 is 38.3 Å². The van der Waals surface area contributed by atoms with E-state index in [-0.39, 0.29) is 5.56 Å². The number of hydrogen-bond acceptors (Lipinski definition) is 5. The van der Waals surface area contributed by atoms with E-state index in [0.717, 1.165) is 27.8 Å². The Labute approximate surface area is 168 Å². The van der Waals surface area contributed by atoms with Gasteiger partial charge in [-0.3, -0.25) is 4.79 Å². The fourth-order valence-electron chi connectivity index (χ4n) is 2.59. The summed E-state index contributed by atoms with van der Waals surface area (Å²) in [7, 11) is 0. The smallest absolute Gasteiger partial charge is 0.291 e. The molecular weight excluding hydrogens is 426 g/mol. The quantitative estimate of drug-likeness (QED) is 0.470. The fraction of sp³-hybridized carbons (Fsp3) is 0.150. The highest BCUT2D eigenvalue weighted by atomic mass is 79.9. The minimum atomic E-state index is -0.155. The maximum absolute atomic E-state index is 12.6. The summed E-state index contributed by atoms with van der Waals surface area (Å²) in [4.78, 5) is 17.7. The zero-order valence-corrected chi connectivity index (χ0v) is 17.0. The number of hydrogen-bond donors (Lipinski definition) is 0. The standard InChI is InChI=1S/C20H16BrN3O2S/c1-2-11-26-16-9-3-13(4-10-16)12-17-19(25)24-20(27-17)22-18(23-24)14-5-7-15(21)8-6-14/h3-10,12H,2,11H2,1H3. The van der Waals surface area contributed by atoms with Crippen molar-refractivity contribution < 1.29 is 4.74 Å². The third kappa shape index (κ3) is 3.79. The average molecular weight is 442 g/mol. The molecule has 0 spiro atoms. The van der Waals surface area contributed by atoms with E-state index < -0.39 is 0 Å². The van der Waals surface area contributed by atoms with E-state index in [4.69, 9.17) is 4.74 Å². The number of nitrogens with zero attached hydrogens (tertiary/aromatic N) is 3. The lowest BCUT2D eigenvalue weighted by atomic mass is 10.2. The molecule has 27 heavy (non-hydrogen) atoms. The Hall–Kier alpha value is -2.51. The van der Waals surface area contributed by atoms with Crippen LogP contribution in [0.3, 0.4) is 0 Å². The molecule has 7 heteroatoms. The SMILES string of the molecule is CCCOc1ccc(C=c2sc3nc(-c4ccc(Br)cc4)nn3c2=O)cc1. The van der Waals surface area contributed by atoms with Crippen molar-refractivity contribution in [2.45, 2.75) is 13.3 Å².